The number of amides is 1. The molecule has 130 valence electrons. The molecule has 3 rings (SSSR count). The van der Waals surface area contributed by atoms with Gasteiger partial charge in [0.2, 0.25) is 0 Å². The van der Waals surface area contributed by atoms with Gasteiger partial charge in [-0.1, -0.05) is 37.3 Å². The summed E-state index contributed by atoms with van der Waals surface area (Å²) in [6.07, 6.45) is 1.00. The van der Waals surface area contributed by atoms with Gasteiger partial charge in [-0.15, -0.1) is 0 Å². The summed E-state index contributed by atoms with van der Waals surface area (Å²) >= 11 is 0. The normalized spacial score (nSPS) is 11.2. The summed E-state index contributed by atoms with van der Waals surface area (Å²) in [4.78, 5) is 18.1. The fourth-order valence-corrected chi connectivity index (χ4v) is 2.75. The van der Waals surface area contributed by atoms with E-state index in [0.717, 1.165) is 16.2 Å². The van der Waals surface area contributed by atoms with Gasteiger partial charge in [0.25, 0.3) is 12.3 Å². The maximum atomic E-state index is 12.8. The Kier molecular flexibility index (Phi) is 5.02. The molecule has 0 saturated heterocycles. The number of carbonyl (C=O) groups is 1. The van der Waals surface area contributed by atoms with Crippen molar-refractivity contribution in [3.63, 3.8) is 0 Å². The number of fused-ring (bicyclic) bond motifs is 1. The van der Waals surface area contributed by atoms with E-state index in [0.29, 0.717) is 12.1 Å². The fraction of sp³-hybridized carbons (Fsp3) is 0.278. The van der Waals surface area contributed by atoms with Gasteiger partial charge >= 0.3 is 0 Å². The summed E-state index contributed by atoms with van der Waals surface area (Å²) < 4.78 is 27.1. The molecule has 0 aliphatic carbocycles. The van der Waals surface area contributed by atoms with Gasteiger partial charge in [-0.05, 0) is 12.5 Å². The summed E-state index contributed by atoms with van der Waals surface area (Å²) in [5, 5.41) is 4.26. The number of nitrogens with zero attached hydrogens (tertiary/aromatic N) is 4. The number of rotatable bonds is 6. The first-order chi connectivity index (χ1) is 12.1. The summed E-state index contributed by atoms with van der Waals surface area (Å²) in [6.45, 7) is 1.51. The molecule has 0 fully saturated rings. The molecule has 2 aromatic heterocycles. The molecular weight excluding hydrogens is 326 g/mol. The van der Waals surface area contributed by atoms with Crippen LogP contribution >= 0.6 is 0 Å². The summed E-state index contributed by atoms with van der Waals surface area (Å²) in [5.41, 5.74) is 2.30. The van der Waals surface area contributed by atoms with Crippen LogP contribution in [0.4, 0.5) is 8.78 Å². The third kappa shape index (κ3) is 3.50. The van der Waals surface area contributed by atoms with Gasteiger partial charge in [0.15, 0.2) is 5.65 Å². The van der Waals surface area contributed by atoms with Crippen molar-refractivity contribution in [3.05, 3.63) is 54.4 Å². The van der Waals surface area contributed by atoms with E-state index in [-0.39, 0.29) is 12.1 Å². The zero-order valence-corrected chi connectivity index (χ0v) is 13.8. The van der Waals surface area contributed by atoms with Crippen LogP contribution in [-0.2, 0) is 0 Å². The van der Waals surface area contributed by atoms with Crippen molar-refractivity contribution < 1.29 is 13.6 Å². The molecule has 0 atom stereocenters. The van der Waals surface area contributed by atoms with Gasteiger partial charge in [-0.25, -0.2) is 18.3 Å². The lowest BCUT2D eigenvalue weighted by molar-refractivity contribution is 0.0557. The highest BCUT2D eigenvalue weighted by atomic mass is 19.3. The van der Waals surface area contributed by atoms with E-state index in [2.05, 4.69) is 10.1 Å². The molecule has 2 heterocycles. The Morgan fingerprint density at radius 1 is 1.24 bits per heavy atom. The van der Waals surface area contributed by atoms with Crippen LogP contribution in [0.5, 0.6) is 0 Å². The van der Waals surface area contributed by atoms with E-state index in [1.54, 1.807) is 16.8 Å². The van der Waals surface area contributed by atoms with Gasteiger partial charge in [0.1, 0.15) is 5.56 Å². The molecule has 1 aromatic carbocycles. The molecule has 0 saturated carbocycles. The molecule has 0 spiro atoms. The predicted octanol–water partition coefficient (Wildman–Crippen LogP) is 3.51. The van der Waals surface area contributed by atoms with Crippen LogP contribution in [-0.4, -0.2) is 44.9 Å². The van der Waals surface area contributed by atoms with Crippen molar-refractivity contribution in [3.8, 4) is 11.3 Å². The number of benzene rings is 1. The smallest absolute Gasteiger partial charge is 0.259 e. The standard InChI is InChI=1S/C18H18F2N4O/c1-2-10-23(12-16(19)20)18(25)14-11-22-24-15(8-9-21-17(14)24)13-6-4-3-5-7-13/h3-9,11,16H,2,10,12H2,1H3. The summed E-state index contributed by atoms with van der Waals surface area (Å²) in [6, 6.07) is 11.4. The molecule has 0 aliphatic rings. The minimum Gasteiger partial charge on any atom is -0.333 e. The van der Waals surface area contributed by atoms with E-state index in [9.17, 15) is 13.6 Å². The molecule has 3 aromatic rings. The lowest BCUT2D eigenvalue weighted by Gasteiger charge is -2.20. The Balaban J connectivity index is 2.02. The SMILES string of the molecule is CCCN(CC(F)F)C(=O)c1cnn2c(-c3ccccc3)ccnc12. The molecule has 0 unspecified atom stereocenters. The molecule has 0 radical (unpaired) electrons. The highest BCUT2D eigenvalue weighted by molar-refractivity contribution is 6.00. The molecule has 0 N–H and O–H groups in total. The van der Waals surface area contributed by atoms with Crippen molar-refractivity contribution in [1.29, 1.82) is 0 Å². The number of hydrogen-bond donors (Lipinski definition) is 0. The fourth-order valence-electron chi connectivity index (χ4n) is 2.75. The minimum atomic E-state index is -2.58. The van der Waals surface area contributed by atoms with Crippen LogP contribution in [0.25, 0.3) is 16.9 Å². The van der Waals surface area contributed by atoms with E-state index in [1.807, 2.05) is 37.3 Å². The largest absolute Gasteiger partial charge is 0.333 e. The van der Waals surface area contributed by atoms with Crippen LogP contribution in [0.1, 0.15) is 23.7 Å². The van der Waals surface area contributed by atoms with Crippen LogP contribution in [0.3, 0.4) is 0 Å². The zero-order chi connectivity index (χ0) is 17.8. The molecule has 25 heavy (non-hydrogen) atoms. The van der Waals surface area contributed by atoms with Crippen molar-refractivity contribution in [2.75, 3.05) is 13.1 Å². The van der Waals surface area contributed by atoms with Crippen molar-refractivity contribution in [1.82, 2.24) is 19.5 Å². The molecular formula is C18H18F2N4O. The molecule has 7 heteroatoms. The second-order valence-corrected chi connectivity index (χ2v) is 5.63. The first kappa shape index (κ1) is 17.0. The molecule has 0 bridgehead atoms. The molecule has 0 aliphatic heterocycles. The number of halogens is 2. The second kappa shape index (κ2) is 7.38. The first-order valence-electron chi connectivity index (χ1n) is 8.07. The summed E-state index contributed by atoms with van der Waals surface area (Å²) in [7, 11) is 0. The third-order valence-electron chi connectivity index (χ3n) is 3.84. The van der Waals surface area contributed by atoms with Crippen LogP contribution in [0.15, 0.2) is 48.8 Å². The topological polar surface area (TPSA) is 50.5 Å². The quantitative estimate of drug-likeness (QED) is 0.687. The van der Waals surface area contributed by atoms with Gasteiger partial charge in [0, 0.05) is 18.3 Å². The van der Waals surface area contributed by atoms with Gasteiger partial charge < -0.3 is 4.90 Å². The first-order valence-corrected chi connectivity index (χ1v) is 8.07. The molecule has 5 nitrogen and oxygen atoms in total. The maximum Gasteiger partial charge on any atom is 0.259 e. The Labute approximate surface area is 143 Å². The highest BCUT2D eigenvalue weighted by Crippen LogP contribution is 2.21. The second-order valence-electron chi connectivity index (χ2n) is 5.63. The Morgan fingerprint density at radius 2 is 2.00 bits per heavy atom. The number of carbonyl (C=O) groups excluding carboxylic acids is 1. The van der Waals surface area contributed by atoms with Crippen LogP contribution in [0, 0.1) is 0 Å². The van der Waals surface area contributed by atoms with Gasteiger partial charge in [-0.3, -0.25) is 4.79 Å². The summed E-state index contributed by atoms with van der Waals surface area (Å²) in [5.74, 6) is -0.477. The van der Waals surface area contributed by atoms with E-state index < -0.39 is 18.9 Å². The van der Waals surface area contributed by atoms with E-state index in [1.165, 1.54) is 6.20 Å². The lowest BCUT2D eigenvalue weighted by Crippen LogP contribution is -2.35. The lowest BCUT2D eigenvalue weighted by atomic mass is 10.1. The maximum absolute atomic E-state index is 12.8. The van der Waals surface area contributed by atoms with Crippen LogP contribution < -0.4 is 0 Å². The van der Waals surface area contributed by atoms with Crippen LogP contribution in [0.2, 0.25) is 0 Å². The highest BCUT2D eigenvalue weighted by Gasteiger charge is 2.23. The van der Waals surface area contributed by atoms with E-state index in [4.69, 9.17) is 0 Å². The van der Waals surface area contributed by atoms with Crippen molar-refractivity contribution in [2.24, 2.45) is 0 Å². The average Bonchev–Trinajstić information content (AvgIpc) is 3.05. The molecule has 1 amide bonds. The Bertz CT molecular complexity index is 864. The van der Waals surface area contributed by atoms with Gasteiger partial charge in [0.05, 0.1) is 18.4 Å². The number of hydrogen-bond acceptors (Lipinski definition) is 3. The number of aromatic nitrogens is 3. The zero-order valence-electron chi connectivity index (χ0n) is 13.8. The average molecular weight is 344 g/mol. The number of alkyl halides is 2. The minimum absolute atomic E-state index is 0.229. The van der Waals surface area contributed by atoms with Crippen molar-refractivity contribution >= 4 is 11.6 Å². The monoisotopic (exact) mass is 344 g/mol. The van der Waals surface area contributed by atoms with E-state index >= 15 is 0 Å². The van der Waals surface area contributed by atoms with Crippen molar-refractivity contribution in [2.45, 2.75) is 19.8 Å². The third-order valence-corrected chi connectivity index (χ3v) is 3.84. The Morgan fingerprint density at radius 3 is 2.68 bits per heavy atom. The Hall–Kier alpha value is -2.83. The van der Waals surface area contributed by atoms with Gasteiger partial charge in [-0.2, -0.15) is 5.10 Å². The predicted molar refractivity (Wildman–Crippen MR) is 90.6 cm³/mol.